The quantitative estimate of drug-likeness (QED) is 0.672. The zero-order valence-electron chi connectivity index (χ0n) is 15.0. The van der Waals surface area contributed by atoms with Crippen LogP contribution in [0.25, 0.3) is 0 Å². The number of ether oxygens (including phenoxy) is 1. The first-order chi connectivity index (χ1) is 11.8. The lowest BCUT2D eigenvalue weighted by atomic mass is 9.74. The van der Waals surface area contributed by atoms with Gasteiger partial charge in [0.2, 0.25) is 5.91 Å². The van der Waals surface area contributed by atoms with E-state index in [1.807, 2.05) is 6.92 Å². The van der Waals surface area contributed by atoms with E-state index in [1.165, 1.54) is 7.11 Å². The van der Waals surface area contributed by atoms with Crippen LogP contribution in [0, 0.1) is 5.92 Å². The number of rotatable bonds is 5. The minimum Gasteiger partial charge on any atom is -0.468 e. The summed E-state index contributed by atoms with van der Waals surface area (Å²) >= 11 is 0. The molecule has 2 unspecified atom stereocenters. The number of benzene rings is 1. The second-order valence-corrected chi connectivity index (χ2v) is 6.63. The molecule has 26 heavy (non-hydrogen) atoms. The number of halogens is 1. The average molecular weight is 384 g/mol. The molecule has 8 heteroatoms. The number of carbonyl (C=O) groups excluding carboxylic acids is 3. The minimum atomic E-state index is -0.519. The Bertz CT molecular complexity index is 646. The normalized spacial score (nSPS) is 21.9. The van der Waals surface area contributed by atoms with Crippen molar-refractivity contribution < 1.29 is 19.1 Å². The Kier molecular flexibility index (Phi) is 8.05. The summed E-state index contributed by atoms with van der Waals surface area (Å²) in [6, 6.07) is 6.48. The predicted molar refractivity (Wildman–Crippen MR) is 101 cm³/mol. The molecule has 7 nitrogen and oxygen atoms in total. The molecule has 2 atom stereocenters. The van der Waals surface area contributed by atoms with Crippen LogP contribution in [0.2, 0.25) is 0 Å². The molecule has 1 saturated carbocycles. The van der Waals surface area contributed by atoms with E-state index in [0.29, 0.717) is 11.3 Å². The van der Waals surface area contributed by atoms with Crippen LogP contribution in [-0.4, -0.2) is 37.0 Å². The van der Waals surface area contributed by atoms with Gasteiger partial charge in [0.05, 0.1) is 13.0 Å². The van der Waals surface area contributed by atoms with E-state index >= 15 is 0 Å². The van der Waals surface area contributed by atoms with Gasteiger partial charge in [0.15, 0.2) is 0 Å². The summed E-state index contributed by atoms with van der Waals surface area (Å²) in [5.41, 5.74) is 6.77. The molecular formula is C18H26ClN3O4. The van der Waals surface area contributed by atoms with Gasteiger partial charge in [-0.1, -0.05) is 12.8 Å². The molecule has 0 heterocycles. The molecule has 0 radical (unpaired) electrons. The summed E-state index contributed by atoms with van der Waals surface area (Å²) in [6.07, 6.45) is 3.67. The van der Waals surface area contributed by atoms with Crippen LogP contribution in [0.3, 0.4) is 0 Å². The lowest BCUT2D eigenvalue weighted by Gasteiger charge is -2.37. The molecule has 1 aliphatic carbocycles. The Labute approximate surface area is 159 Å². The first-order valence-electron chi connectivity index (χ1n) is 8.38. The maximum absolute atomic E-state index is 12.5. The van der Waals surface area contributed by atoms with Crippen LogP contribution in [0.15, 0.2) is 24.3 Å². The van der Waals surface area contributed by atoms with Crippen molar-refractivity contribution >= 4 is 35.9 Å². The maximum atomic E-state index is 12.5. The number of nitrogens with two attached hydrogens (primary N) is 1. The molecular weight excluding hydrogens is 358 g/mol. The number of methoxy groups -OCH3 is 1. The molecule has 1 fully saturated rings. The van der Waals surface area contributed by atoms with Crippen molar-refractivity contribution in [1.82, 2.24) is 5.32 Å². The van der Waals surface area contributed by atoms with Gasteiger partial charge in [0.25, 0.3) is 5.91 Å². The van der Waals surface area contributed by atoms with Gasteiger partial charge in [-0.2, -0.15) is 0 Å². The standard InChI is InChI=1S/C18H25N3O4.ClH/c1-18(19)10-4-3-5-14(18)17(24)21-13-8-6-12(7-9-13)16(23)20-11-15(22)25-2;/h6-9,14H,3-5,10-11,19H2,1-2H3,(H,20,23)(H,21,24);1H. The second-order valence-electron chi connectivity index (χ2n) is 6.63. The smallest absolute Gasteiger partial charge is 0.325 e. The van der Waals surface area contributed by atoms with E-state index < -0.39 is 11.5 Å². The Morgan fingerprint density at radius 3 is 2.46 bits per heavy atom. The topological polar surface area (TPSA) is 111 Å². The highest BCUT2D eigenvalue weighted by molar-refractivity contribution is 5.97. The van der Waals surface area contributed by atoms with Gasteiger partial charge < -0.3 is 21.1 Å². The summed E-state index contributed by atoms with van der Waals surface area (Å²) < 4.78 is 4.46. The summed E-state index contributed by atoms with van der Waals surface area (Å²) in [5.74, 6) is -1.21. The molecule has 144 valence electrons. The van der Waals surface area contributed by atoms with E-state index in [1.54, 1.807) is 24.3 Å². The van der Waals surface area contributed by atoms with Crippen LogP contribution < -0.4 is 16.4 Å². The first-order valence-corrected chi connectivity index (χ1v) is 8.38. The van der Waals surface area contributed by atoms with Crippen LogP contribution >= 0.6 is 12.4 Å². The van der Waals surface area contributed by atoms with Crippen molar-refractivity contribution in [2.45, 2.75) is 38.1 Å². The van der Waals surface area contributed by atoms with Gasteiger partial charge in [-0.25, -0.2) is 0 Å². The Hall–Kier alpha value is -2.12. The Balaban J connectivity index is 0.00000338. The van der Waals surface area contributed by atoms with E-state index in [-0.39, 0.29) is 36.7 Å². The first kappa shape index (κ1) is 21.9. The van der Waals surface area contributed by atoms with Crippen LogP contribution in [0.5, 0.6) is 0 Å². The van der Waals surface area contributed by atoms with Gasteiger partial charge in [-0.05, 0) is 44.0 Å². The molecule has 0 spiro atoms. The number of nitrogens with one attached hydrogen (secondary N) is 2. The van der Waals surface area contributed by atoms with E-state index in [2.05, 4.69) is 15.4 Å². The highest BCUT2D eigenvalue weighted by Gasteiger charge is 2.37. The fraction of sp³-hybridized carbons (Fsp3) is 0.500. The number of anilines is 1. The number of carbonyl (C=O) groups is 3. The van der Waals surface area contributed by atoms with Gasteiger partial charge in [-0.15, -0.1) is 12.4 Å². The molecule has 1 aromatic rings. The molecule has 1 aromatic carbocycles. The Morgan fingerprint density at radius 2 is 1.88 bits per heavy atom. The number of hydrogen-bond acceptors (Lipinski definition) is 5. The molecule has 0 aromatic heterocycles. The largest absolute Gasteiger partial charge is 0.468 e. The SMILES string of the molecule is COC(=O)CNC(=O)c1ccc(NC(=O)C2CCCCC2(C)N)cc1.Cl. The average Bonchev–Trinajstić information content (AvgIpc) is 2.59. The zero-order valence-corrected chi connectivity index (χ0v) is 15.9. The second kappa shape index (κ2) is 9.54. The van der Waals surface area contributed by atoms with Crippen molar-refractivity contribution in [2.24, 2.45) is 11.7 Å². The Morgan fingerprint density at radius 1 is 1.23 bits per heavy atom. The maximum Gasteiger partial charge on any atom is 0.325 e. The molecule has 2 rings (SSSR count). The third-order valence-corrected chi connectivity index (χ3v) is 4.61. The van der Waals surface area contributed by atoms with Crippen molar-refractivity contribution in [3.05, 3.63) is 29.8 Å². The third kappa shape index (κ3) is 5.71. The van der Waals surface area contributed by atoms with E-state index in [4.69, 9.17) is 5.73 Å². The number of esters is 1. The van der Waals surface area contributed by atoms with Gasteiger partial charge in [0.1, 0.15) is 6.54 Å². The summed E-state index contributed by atoms with van der Waals surface area (Å²) in [7, 11) is 1.25. The van der Waals surface area contributed by atoms with Crippen molar-refractivity contribution in [1.29, 1.82) is 0 Å². The zero-order chi connectivity index (χ0) is 18.4. The fourth-order valence-electron chi connectivity index (χ4n) is 3.05. The molecule has 2 amide bonds. The van der Waals surface area contributed by atoms with Crippen LogP contribution in [0.4, 0.5) is 5.69 Å². The lowest BCUT2D eigenvalue weighted by Crippen LogP contribution is -2.51. The highest BCUT2D eigenvalue weighted by Crippen LogP contribution is 2.32. The third-order valence-electron chi connectivity index (χ3n) is 4.61. The van der Waals surface area contributed by atoms with Crippen LogP contribution in [0.1, 0.15) is 43.0 Å². The summed E-state index contributed by atoms with van der Waals surface area (Å²) in [4.78, 5) is 35.4. The molecule has 0 bridgehead atoms. The summed E-state index contributed by atoms with van der Waals surface area (Å²) in [5, 5.41) is 5.32. The summed E-state index contributed by atoms with van der Waals surface area (Å²) in [6.45, 7) is 1.73. The van der Waals surface area contributed by atoms with E-state index in [0.717, 1.165) is 25.7 Å². The molecule has 1 aliphatic rings. The number of amides is 2. The van der Waals surface area contributed by atoms with Crippen molar-refractivity contribution in [3.8, 4) is 0 Å². The van der Waals surface area contributed by atoms with Gasteiger partial charge in [0, 0.05) is 16.8 Å². The highest BCUT2D eigenvalue weighted by atomic mass is 35.5. The van der Waals surface area contributed by atoms with E-state index in [9.17, 15) is 14.4 Å². The van der Waals surface area contributed by atoms with Crippen molar-refractivity contribution in [3.63, 3.8) is 0 Å². The monoisotopic (exact) mass is 383 g/mol. The fourth-order valence-corrected chi connectivity index (χ4v) is 3.05. The minimum absolute atomic E-state index is 0. The molecule has 4 N–H and O–H groups in total. The lowest BCUT2D eigenvalue weighted by molar-refractivity contribution is -0.139. The molecule has 0 saturated heterocycles. The number of hydrogen-bond donors (Lipinski definition) is 3. The predicted octanol–water partition coefficient (Wildman–Crippen LogP) is 1.86. The van der Waals surface area contributed by atoms with Gasteiger partial charge in [-0.3, -0.25) is 14.4 Å². The van der Waals surface area contributed by atoms with Gasteiger partial charge >= 0.3 is 5.97 Å². The van der Waals surface area contributed by atoms with Crippen LogP contribution in [-0.2, 0) is 14.3 Å². The molecule has 0 aliphatic heterocycles. The van der Waals surface area contributed by atoms with Crippen molar-refractivity contribution in [2.75, 3.05) is 19.0 Å².